The molecule has 0 radical (unpaired) electrons. The summed E-state index contributed by atoms with van der Waals surface area (Å²) in [6, 6.07) is 31.0. The number of amides is 1. The maximum Gasteiger partial charge on any atom is 0.223 e. The third-order valence-corrected chi connectivity index (χ3v) is 5.17. The van der Waals surface area contributed by atoms with E-state index in [0.29, 0.717) is 6.42 Å². The van der Waals surface area contributed by atoms with Crippen molar-refractivity contribution in [2.75, 3.05) is 7.05 Å². The Kier molecular flexibility index (Phi) is 6.43. The Hall–Kier alpha value is -2.87. The molecule has 138 valence electrons. The maximum atomic E-state index is 13.1. The third-order valence-electron chi connectivity index (χ3n) is 5.17. The summed E-state index contributed by atoms with van der Waals surface area (Å²) in [5.41, 5.74) is 3.62. The molecule has 3 aromatic rings. The smallest absolute Gasteiger partial charge is 0.223 e. The van der Waals surface area contributed by atoms with Gasteiger partial charge in [-0.3, -0.25) is 4.79 Å². The number of hydrogen-bond acceptors (Lipinski definition) is 1. The highest BCUT2D eigenvalue weighted by molar-refractivity contribution is 5.77. The zero-order valence-corrected chi connectivity index (χ0v) is 16.1. The molecule has 2 nitrogen and oxygen atoms in total. The number of nitrogens with zero attached hydrogens (tertiary/aromatic N) is 1. The summed E-state index contributed by atoms with van der Waals surface area (Å²) >= 11 is 0. The van der Waals surface area contributed by atoms with Gasteiger partial charge in [-0.25, -0.2) is 0 Å². The van der Waals surface area contributed by atoms with Gasteiger partial charge in [0.05, 0.1) is 6.04 Å². The number of rotatable bonds is 7. The average molecular weight is 357 g/mol. The molecule has 0 fully saturated rings. The molecule has 0 aliphatic heterocycles. The molecule has 3 rings (SSSR count). The Morgan fingerprint density at radius 2 is 1.26 bits per heavy atom. The fourth-order valence-corrected chi connectivity index (χ4v) is 3.47. The van der Waals surface area contributed by atoms with E-state index in [0.717, 1.165) is 6.42 Å². The second-order valence-electron chi connectivity index (χ2n) is 7.14. The van der Waals surface area contributed by atoms with Gasteiger partial charge in [0.15, 0.2) is 0 Å². The molecule has 0 spiro atoms. The van der Waals surface area contributed by atoms with Crippen molar-refractivity contribution in [3.05, 3.63) is 108 Å². The van der Waals surface area contributed by atoms with E-state index in [9.17, 15) is 4.79 Å². The summed E-state index contributed by atoms with van der Waals surface area (Å²) in [5, 5.41) is 0. The summed E-state index contributed by atoms with van der Waals surface area (Å²) < 4.78 is 0. The van der Waals surface area contributed by atoms with E-state index in [1.807, 2.05) is 54.4 Å². The fraction of sp³-hybridized carbons (Fsp3) is 0.240. The Balaban J connectivity index is 1.77. The van der Waals surface area contributed by atoms with E-state index in [4.69, 9.17) is 0 Å². The van der Waals surface area contributed by atoms with E-state index in [2.05, 4.69) is 55.5 Å². The highest BCUT2D eigenvalue weighted by Crippen LogP contribution is 2.27. The van der Waals surface area contributed by atoms with Crippen molar-refractivity contribution in [1.29, 1.82) is 0 Å². The molecule has 0 aromatic heterocycles. The monoisotopic (exact) mass is 357 g/mol. The first-order valence-corrected chi connectivity index (χ1v) is 9.54. The quantitative estimate of drug-likeness (QED) is 0.537. The largest absolute Gasteiger partial charge is 0.338 e. The van der Waals surface area contributed by atoms with E-state index in [-0.39, 0.29) is 17.9 Å². The Bertz CT molecular complexity index is 830. The highest BCUT2D eigenvalue weighted by Gasteiger charge is 2.23. The maximum absolute atomic E-state index is 13.1. The number of hydrogen-bond donors (Lipinski definition) is 0. The van der Waals surface area contributed by atoms with Crippen molar-refractivity contribution in [2.45, 2.75) is 31.7 Å². The second kappa shape index (κ2) is 9.18. The van der Waals surface area contributed by atoms with E-state index < -0.39 is 0 Å². The molecular formula is C25H27NO. The molecule has 2 atom stereocenters. The van der Waals surface area contributed by atoms with Crippen LogP contribution in [-0.4, -0.2) is 17.9 Å². The first-order valence-electron chi connectivity index (χ1n) is 9.54. The molecule has 0 saturated carbocycles. The SMILES string of the molecule is CC(CC(=O)N(C)C(Cc1ccccc1)c1ccccc1)c1ccccc1. The van der Waals surface area contributed by atoms with Crippen LogP contribution in [0.25, 0.3) is 0 Å². The predicted octanol–water partition coefficient (Wildman–Crippen LogP) is 5.62. The van der Waals surface area contributed by atoms with Gasteiger partial charge in [0.25, 0.3) is 0 Å². The van der Waals surface area contributed by atoms with Crippen LogP contribution in [0, 0.1) is 0 Å². The lowest BCUT2D eigenvalue weighted by Gasteiger charge is -2.30. The van der Waals surface area contributed by atoms with Gasteiger partial charge in [0.1, 0.15) is 0 Å². The van der Waals surface area contributed by atoms with Crippen LogP contribution in [0.15, 0.2) is 91.0 Å². The van der Waals surface area contributed by atoms with Crippen molar-refractivity contribution in [2.24, 2.45) is 0 Å². The molecule has 1 amide bonds. The molecule has 2 unspecified atom stereocenters. The van der Waals surface area contributed by atoms with Crippen LogP contribution in [0.1, 0.15) is 42.0 Å². The summed E-state index contributed by atoms with van der Waals surface area (Å²) in [4.78, 5) is 15.0. The molecule has 0 heterocycles. The lowest BCUT2D eigenvalue weighted by atomic mass is 9.94. The molecule has 0 saturated heterocycles. The summed E-state index contributed by atoms with van der Waals surface area (Å²) in [5.74, 6) is 0.380. The van der Waals surface area contributed by atoms with Crippen LogP contribution < -0.4 is 0 Å². The zero-order valence-electron chi connectivity index (χ0n) is 16.1. The third kappa shape index (κ3) is 5.07. The first-order chi connectivity index (χ1) is 13.1. The molecule has 2 heteroatoms. The van der Waals surface area contributed by atoms with Gasteiger partial charge in [-0.05, 0) is 29.0 Å². The molecule has 0 aliphatic rings. The Labute approximate surface area is 162 Å². The summed E-state index contributed by atoms with van der Waals surface area (Å²) in [6.07, 6.45) is 1.32. The average Bonchev–Trinajstić information content (AvgIpc) is 2.73. The normalized spacial score (nSPS) is 13.0. The Morgan fingerprint density at radius 1 is 0.778 bits per heavy atom. The van der Waals surface area contributed by atoms with E-state index in [1.54, 1.807) is 0 Å². The zero-order chi connectivity index (χ0) is 19.1. The topological polar surface area (TPSA) is 20.3 Å². The standard InChI is InChI=1S/C25H27NO/c1-20(22-14-8-4-9-15-22)18-25(27)26(2)24(23-16-10-5-11-17-23)19-21-12-6-3-7-13-21/h3-17,20,24H,18-19H2,1-2H3. The number of carbonyl (C=O) groups excluding carboxylic acids is 1. The van der Waals surface area contributed by atoms with Crippen LogP contribution in [0.4, 0.5) is 0 Å². The molecule has 27 heavy (non-hydrogen) atoms. The Morgan fingerprint density at radius 3 is 1.81 bits per heavy atom. The van der Waals surface area contributed by atoms with Crippen molar-refractivity contribution in [3.63, 3.8) is 0 Å². The van der Waals surface area contributed by atoms with Crippen LogP contribution in [-0.2, 0) is 11.2 Å². The molecular weight excluding hydrogens is 330 g/mol. The van der Waals surface area contributed by atoms with Gasteiger partial charge in [0, 0.05) is 13.5 Å². The van der Waals surface area contributed by atoms with Crippen molar-refractivity contribution < 1.29 is 4.79 Å². The minimum atomic E-state index is 0.0315. The second-order valence-corrected chi connectivity index (χ2v) is 7.14. The van der Waals surface area contributed by atoms with Gasteiger partial charge in [-0.1, -0.05) is 97.9 Å². The lowest BCUT2D eigenvalue weighted by Crippen LogP contribution is -2.33. The summed E-state index contributed by atoms with van der Waals surface area (Å²) in [7, 11) is 1.93. The summed E-state index contributed by atoms with van der Waals surface area (Å²) in [6.45, 7) is 2.12. The highest BCUT2D eigenvalue weighted by atomic mass is 16.2. The van der Waals surface area contributed by atoms with Gasteiger partial charge in [-0.15, -0.1) is 0 Å². The van der Waals surface area contributed by atoms with Crippen LogP contribution in [0.3, 0.4) is 0 Å². The first kappa shape index (κ1) is 18.9. The minimum absolute atomic E-state index is 0.0315. The van der Waals surface area contributed by atoms with Gasteiger partial charge >= 0.3 is 0 Å². The van der Waals surface area contributed by atoms with Gasteiger partial charge in [-0.2, -0.15) is 0 Å². The number of likely N-dealkylation sites (N-methyl/N-ethyl adjacent to an activating group) is 1. The minimum Gasteiger partial charge on any atom is -0.338 e. The predicted molar refractivity (Wildman–Crippen MR) is 112 cm³/mol. The van der Waals surface area contributed by atoms with Crippen LogP contribution in [0.5, 0.6) is 0 Å². The number of carbonyl (C=O) groups is 1. The number of benzene rings is 3. The van der Waals surface area contributed by atoms with E-state index in [1.165, 1.54) is 16.7 Å². The van der Waals surface area contributed by atoms with Gasteiger partial charge < -0.3 is 4.90 Å². The molecule has 3 aromatic carbocycles. The van der Waals surface area contributed by atoms with Crippen molar-refractivity contribution in [3.8, 4) is 0 Å². The van der Waals surface area contributed by atoms with Gasteiger partial charge in [0.2, 0.25) is 5.91 Å². The van der Waals surface area contributed by atoms with E-state index >= 15 is 0 Å². The molecule has 0 aliphatic carbocycles. The van der Waals surface area contributed by atoms with Crippen molar-refractivity contribution in [1.82, 2.24) is 4.90 Å². The lowest BCUT2D eigenvalue weighted by molar-refractivity contribution is -0.132. The van der Waals surface area contributed by atoms with Crippen molar-refractivity contribution >= 4 is 5.91 Å². The molecule has 0 N–H and O–H groups in total. The fourth-order valence-electron chi connectivity index (χ4n) is 3.47. The van der Waals surface area contributed by atoms with Crippen LogP contribution >= 0.6 is 0 Å². The van der Waals surface area contributed by atoms with Crippen LogP contribution in [0.2, 0.25) is 0 Å². The molecule has 0 bridgehead atoms.